The zero-order valence-corrected chi connectivity index (χ0v) is 10.8. The smallest absolute Gasteiger partial charge is 0.189 e. The predicted octanol–water partition coefficient (Wildman–Crippen LogP) is 2.70. The minimum atomic E-state index is 0.336. The number of hydrogen-bond acceptors (Lipinski definition) is 5. The van der Waals surface area contributed by atoms with E-state index in [9.17, 15) is 0 Å². The van der Waals surface area contributed by atoms with Gasteiger partial charge in [-0.3, -0.25) is 0 Å². The zero-order chi connectivity index (χ0) is 12.3. The number of anilines is 1. The Labute approximate surface area is 106 Å². The van der Waals surface area contributed by atoms with Crippen molar-refractivity contribution in [3.63, 3.8) is 0 Å². The molecular weight excluding hydrogens is 232 g/mol. The molecule has 0 amide bonds. The molecule has 0 atom stereocenters. The van der Waals surface area contributed by atoms with Crippen LogP contribution in [-0.2, 0) is 0 Å². The Morgan fingerprint density at radius 3 is 2.82 bits per heavy atom. The van der Waals surface area contributed by atoms with Crippen LogP contribution in [0.4, 0.5) is 5.82 Å². The fraction of sp³-hybridized carbons (Fsp3) is 0.583. The van der Waals surface area contributed by atoms with Gasteiger partial charge in [-0.15, -0.1) is 0 Å². The summed E-state index contributed by atoms with van der Waals surface area (Å²) >= 11 is 1.63. The summed E-state index contributed by atoms with van der Waals surface area (Å²) in [7, 11) is 0. The Morgan fingerprint density at radius 1 is 1.47 bits per heavy atom. The second-order valence-corrected chi connectivity index (χ2v) is 5.30. The summed E-state index contributed by atoms with van der Waals surface area (Å²) in [5, 5.41) is 9.78. The van der Waals surface area contributed by atoms with Gasteiger partial charge in [-0.05, 0) is 19.3 Å². The van der Waals surface area contributed by atoms with Crippen LogP contribution in [-0.4, -0.2) is 15.7 Å². The third-order valence-electron chi connectivity index (χ3n) is 2.75. The zero-order valence-electron chi connectivity index (χ0n) is 9.94. The predicted molar refractivity (Wildman–Crippen MR) is 68.8 cm³/mol. The molecule has 1 heterocycles. The molecule has 1 aliphatic rings. The molecule has 0 unspecified atom stereocenters. The van der Waals surface area contributed by atoms with Gasteiger partial charge in [-0.1, -0.05) is 25.1 Å². The van der Waals surface area contributed by atoms with Crippen LogP contribution in [0, 0.1) is 11.3 Å². The molecule has 1 aromatic heterocycles. The second kappa shape index (κ2) is 5.37. The number of hydrogen-bond donors (Lipinski definition) is 1. The molecule has 2 rings (SSSR count). The number of aromatic nitrogens is 2. The van der Waals surface area contributed by atoms with Gasteiger partial charge in [0.05, 0.1) is 5.69 Å². The van der Waals surface area contributed by atoms with Crippen molar-refractivity contribution in [2.24, 2.45) is 0 Å². The number of nitrogens with zero attached hydrogens (tertiary/aromatic N) is 3. The number of nitrogen functional groups attached to an aromatic ring is 1. The van der Waals surface area contributed by atoms with Crippen LogP contribution in [0.5, 0.6) is 0 Å². The fourth-order valence-electron chi connectivity index (χ4n) is 1.61. The molecule has 0 aromatic carbocycles. The first-order chi connectivity index (χ1) is 8.26. The lowest BCUT2D eigenvalue weighted by molar-refractivity contribution is 0.866. The SMILES string of the molecule is CCCCSc1nc(N)c(C#N)c(C2CC2)n1. The monoisotopic (exact) mass is 248 g/mol. The van der Waals surface area contributed by atoms with Crippen molar-refractivity contribution in [3.8, 4) is 6.07 Å². The summed E-state index contributed by atoms with van der Waals surface area (Å²) in [5.41, 5.74) is 7.15. The van der Waals surface area contributed by atoms with Gasteiger partial charge in [0.25, 0.3) is 0 Å². The molecule has 1 aliphatic carbocycles. The standard InChI is InChI=1S/C12H16N4S/c1-2-3-6-17-12-15-10(8-4-5-8)9(7-13)11(14)16-12/h8H,2-6H2,1H3,(H2,14,15,16). The highest BCUT2D eigenvalue weighted by atomic mass is 32.2. The lowest BCUT2D eigenvalue weighted by atomic mass is 10.1. The van der Waals surface area contributed by atoms with E-state index in [1.54, 1.807) is 11.8 Å². The van der Waals surface area contributed by atoms with Gasteiger partial charge in [0.15, 0.2) is 5.16 Å². The van der Waals surface area contributed by atoms with Gasteiger partial charge in [0.2, 0.25) is 0 Å². The van der Waals surface area contributed by atoms with Gasteiger partial charge in [0.1, 0.15) is 17.5 Å². The number of unbranched alkanes of at least 4 members (excludes halogenated alkanes) is 1. The molecular formula is C12H16N4S. The molecule has 4 nitrogen and oxygen atoms in total. The van der Waals surface area contributed by atoms with Crippen molar-refractivity contribution in [1.29, 1.82) is 5.26 Å². The first kappa shape index (κ1) is 12.2. The molecule has 1 fully saturated rings. The van der Waals surface area contributed by atoms with E-state index in [0.29, 0.717) is 17.3 Å². The van der Waals surface area contributed by atoms with Crippen LogP contribution in [0.2, 0.25) is 0 Å². The van der Waals surface area contributed by atoms with Crippen molar-refractivity contribution in [1.82, 2.24) is 9.97 Å². The number of nitrogens with two attached hydrogens (primary N) is 1. The average molecular weight is 248 g/mol. The van der Waals surface area contributed by atoms with Crippen LogP contribution in [0.1, 0.15) is 49.8 Å². The molecule has 0 aliphatic heterocycles. The number of nitriles is 1. The summed E-state index contributed by atoms with van der Waals surface area (Å²) in [6, 6.07) is 2.12. The van der Waals surface area contributed by atoms with E-state index in [0.717, 1.165) is 42.3 Å². The topological polar surface area (TPSA) is 75.6 Å². The quantitative estimate of drug-likeness (QED) is 0.492. The molecule has 0 saturated heterocycles. The first-order valence-electron chi connectivity index (χ1n) is 5.96. The summed E-state index contributed by atoms with van der Waals surface area (Å²) in [5.74, 6) is 1.77. The lowest BCUT2D eigenvalue weighted by Gasteiger charge is -2.07. The van der Waals surface area contributed by atoms with Crippen molar-refractivity contribution >= 4 is 17.6 Å². The highest BCUT2D eigenvalue weighted by molar-refractivity contribution is 7.99. The maximum atomic E-state index is 9.06. The van der Waals surface area contributed by atoms with Crippen LogP contribution < -0.4 is 5.73 Å². The highest BCUT2D eigenvalue weighted by Crippen LogP contribution is 2.41. The maximum absolute atomic E-state index is 9.06. The second-order valence-electron chi connectivity index (χ2n) is 4.24. The van der Waals surface area contributed by atoms with E-state index in [4.69, 9.17) is 11.0 Å². The third-order valence-corrected chi connectivity index (χ3v) is 3.68. The van der Waals surface area contributed by atoms with Crippen LogP contribution in [0.25, 0.3) is 0 Å². The fourth-order valence-corrected chi connectivity index (χ4v) is 2.55. The molecule has 0 spiro atoms. The van der Waals surface area contributed by atoms with E-state index >= 15 is 0 Å². The molecule has 90 valence electrons. The average Bonchev–Trinajstić information content (AvgIpc) is 3.12. The summed E-state index contributed by atoms with van der Waals surface area (Å²) in [4.78, 5) is 8.68. The first-order valence-corrected chi connectivity index (χ1v) is 6.95. The number of rotatable bonds is 5. The highest BCUT2D eigenvalue weighted by Gasteiger charge is 2.29. The minimum absolute atomic E-state index is 0.336. The van der Waals surface area contributed by atoms with E-state index < -0.39 is 0 Å². The molecule has 2 N–H and O–H groups in total. The van der Waals surface area contributed by atoms with Gasteiger partial charge in [-0.2, -0.15) is 5.26 Å². The molecule has 5 heteroatoms. The van der Waals surface area contributed by atoms with E-state index in [2.05, 4.69) is 23.0 Å². The molecule has 1 aromatic rings. The van der Waals surface area contributed by atoms with Gasteiger partial charge in [-0.25, -0.2) is 9.97 Å². The van der Waals surface area contributed by atoms with Crippen molar-refractivity contribution in [2.75, 3.05) is 11.5 Å². The summed E-state index contributed by atoms with van der Waals surface area (Å²) < 4.78 is 0. The summed E-state index contributed by atoms with van der Waals surface area (Å²) in [6.07, 6.45) is 4.54. The van der Waals surface area contributed by atoms with Gasteiger partial charge in [0, 0.05) is 11.7 Å². The minimum Gasteiger partial charge on any atom is -0.382 e. The Bertz CT molecular complexity index is 449. The summed E-state index contributed by atoms with van der Waals surface area (Å²) in [6.45, 7) is 2.16. The molecule has 1 saturated carbocycles. The maximum Gasteiger partial charge on any atom is 0.189 e. The molecule has 0 radical (unpaired) electrons. The van der Waals surface area contributed by atoms with Gasteiger partial charge < -0.3 is 5.73 Å². The van der Waals surface area contributed by atoms with Crippen LogP contribution >= 0.6 is 11.8 Å². The van der Waals surface area contributed by atoms with Crippen molar-refractivity contribution < 1.29 is 0 Å². The van der Waals surface area contributed by atoms with Crippen LogP contribution in [0.15, 0.2) is 5.16 Å². The Balaban J connectivity index is 2.21. The Morgan fingerprint density at radius 2 is 2.24 bits per heavy atom. The van der Waals surface area contributed by atoms with E-state index in [1.165, 1.54) is 0 Å². The van der Waals surface area contributed by atoms with E-state index in [1.807, 2.05) is 0 Å². The van der Waals surface area contributed by atoms with Gasteiger partial charge >= 0.3 is 0 Å². The van der Waals surface area contributed by atoms with E-state index in [-0.39, 0.29) is 0 Å². The third kappa shape index (κ3) is 2.89. The molecule has 0 bridgehead atoms. The molecule has 17 heavy (non-hydrogen) atoms. The Kier molecular flexibility index (Phi) is 3.85. The lowest BCUT2D eigenvalue weighted by Crippen LogP contribution is -2.04. The van der Waals surface area contributed by atoms with Crippen molar-refractivity contribution in [3.05, 3.63) is 11.3 Å². The normalized spacial score (nSPS) is 14.6. The van der Waals surface area contributed by atoms with Crippen LogP contribution in [0.3, 0.4) is 0 Å². The number of thioether (sulfide) groups is 1. The Hall–Kier alpha value is -1.28. The largest absolute Gasteiger partial charge is 0.382 e. The van der Waals surface area contributed by atoms with Crippen molar-refractivity contribution in [2.45, 2.75) is 43.7 Å².